The van der Waals surface area contributed by atoms with Gasteiger partial charge in [-0.15, -0.1) is 0 Å². The smallest absolute Gasteiger partial charge is 0.252 e. The highest BCUT2D eigenvalue weighted by atomic mass is 32.2. The maximum absolute atomic E-state index is 11.9. The lowest BCUT2D eigenvalue weighted by Crippen LogP contribution is -2.21. The number of sulfonamides is 1. The highest BCUT2D eigenvalue weighted by Gasteiger charge is 2.07. The molecule has 0 heterocycles. The molecule has 0 bridgehead atoms. The van der Waals surface area contributed by atoms with Crippen molar-refractivity contribution in [1.82, 2.24) is 0 Å². The Morgan fingerprint density at radius 3 is 2.05 bits per heavy atom. The van der Waals surface area contributed by atoms with Crippen molar-refractivity contribution in [3.05, 3.63) is 23.8 Å². The Morgan fingerprint density at radius 2 is 1.64 bits per heavy atom. The Morgan fingerprint density at radius 1 is 1.14 bits per heavy atom. The third kappa shape index (κ3) is 5.88. The normalized spacial score (nSPS) is 12.2. The van der Waals surface area contributed by atoms with E-state index in [0.717, 1.165) is 0 Å². The average Bonchev–Trinajstić information content (AvgIpc) is 2.50. The first-order valence-electron chi connectivity index (χ1n) is 6.54. The van der Waals surface area contributed by atoms with Crippen LogP contribution in [-0.2, 0) is 10.0 Å². The summed E-state index contributed by atoms with van der Waals surface area (Å²) in [6.07, 6.45) is 0. The molecule has 0 fully saturated rings. The van der Waals surface area contributed by atoms with Gasteiger partial charge in [0.1, 0.15) is 24.7 Å². The summed E-state index contributed by atoms with van der Waals surface area (Å²) in [6.45, 7) is 0.935. The highest BCUT2D eigenvalue weighted by molar-refractivity contribution is 7.90. The van der Waals surface area contributed by atoms with E-state index in [-0.39, 0.29) is 49.2 Å². The summed E-state index contributed by atoms with van der Waals surface area (Å²) in [7, 11) is -3.81. The zero-order chi connectivity index (χ0) is 16.6. The van der Waals surface area contributed by atoms with Gasteiger partial charge in [0, 0.05) is 12.0 Å². The van der Waals surface area contributed by atoms with Gasteiger partial charge < -0.3 is 24.8 Å². The van der Waals surface area contributed by atoms with Crippen LogP contribution < -0.4 is 14.6 Å². The molecule has 2 N–H and O–H groups in total. The first-order valence-corrected chi connectivity index (χ1v) is 8.15. The van der Waals surface area contributed by atoms with Crippen LogP contribution in [0.15, 0.2) is 22.6 Å². The number of aliphatic hydroxyl groups excluding tert-OH is 2. The summed E-state index contributed by atoms with van der Waals surface area (Å²) in [5, 5.41) is 29.4. The average molecular weight is 332 g/mol. The molecule has 0 saturated heterocycles. The summed E-state index contributed by atoms with van der Waals surface area (Å²) in [5.41, 5.74) is -0.0274. The van der Waals surface area contributed by atoms with E-state index >= 15 is 0 Å². The third-order valence-corrected chi connectivity index (χ3v) is 3.61. The van der Waals surface area contributed by atoms with Crippen molar-refractivity contribution in [1.29, 1.82) is 0 Å². The molecule has 0 radical (unpaired) electrons. The molecule has 0 aromatic heterocycles. The van der Waals surface area contributed by atoms with E-state index in [1.165, 1.54) is 25.1 Å². The molecular formula is C13H18NO7S-. The number of hydrogen-bond donors (Lipinski definition) is 2. The van der Waals surface area contributed by atoms with Gasteiger partial charge in [-0.25, -0.2) is 8.42 Å². The number of nitrogens with zero attached hydrogens (tertiary/aromatic N) is 1. The topological polar surface area (TPSA) is 128 Å². The third-order valence-electron chi connectivity index (χ3n) is 2.43. The Bertz CT molecular complexity index is 587. The fourth-order valence-corrected chi connectivity index (χ4v) is 1.92. The van der Waals surface area contributed by atoms with E-state index in [4.69, 9.17) is 19.7 Å². The minimum atomic E-state index is -3.81. The second-order valence-electron chi connectivity index (χ2n) is 4.10. The molecule has 1 aromatic rings. The van der Waals surface area contributed by atoms with E-state index in [1.807, 2.05) is 0 Å². The lowest BCUT2D eigenvalue weighted by molar-refractivity contribution is -0.212. The quantitative estimate of drug-likeness (QED) is 0.433. The second-order valence-corrected chi connectivity index (χ2v) is 6.03. The molecule has 0 spiro atoms. The van der Waals surface area contributed by atoms with Crippen LogP contribution in [0.25, 0.3) is 0 Å². The second kappa shape index (κ2) is 8.57. The van der Waals surface area contributed by atoms with Crippen molar-refractivity contribution < 1.29 is 33.2 Å². The molecule has 1 rings (SSSR count). The van der Waals surface area contributed by atoms with Gasteiger partial charge >= 0.3 is 0 Å². The largest absolute Gasteiger partial charge is 0.858 e. The Kier molecular flexibility index (Phi) is 7.09. The molecule has 22 heavy (non-hydrogen) atoms. The highest BCUT2D eigenvalue weighted by Crippen LogP contribution is 2.23. The first kappa shape index (κ1) is 18.2. The molecule has 0 saturated carbocycles. The molecule has 0 aliphatic carbocycles. The van der Waals surface area contributed by atoms with Crippen LogP contribution in [0.1, 0.15) is 12.5 Å². The van der Waals surface area contributed by atoms with Crippen molar-refractivity contribution in [2.24, 2.45) is 4.40 Å². The Hall–Kier alpha value is -1.84. The fraction of sp³-hybridized carbons (Fsp3) is 0.462. The molecule has 1 aromatic carbocycles. The van der Waals surface area contributed by atoms with Gasteiger partial charge in [-0.1, -0.05) is 0 Å². The van der Waals surface area contributed by atoms with Gasteiger partial charge in [0.15, 0.2) is 0 Å². The minimum absolute atomic E-state index is 0.00147. The number of rotatable bonds is 9. The van der Waals surface area contributed by atoms with Crippen LogP contribution in [0.4, 0.5) is 0 Å². The van der Waals surface area contributed by atoms with E-state index in [2.05, 4.69) is 4.40 Å². The maximum Gasteiger partial charge on any atom is 0.252 e. The lowest BCUT2D eigenvalue weighted by Gasteiger charge is -2.15. The van der Waals surface area contributed by atoms with Crippen molar-refractivity contribution in [2.45, 2.75) is 6.92 Å². The summed E-state index contributed by atoms with van der Waals surface area (Å²) < 4.78 is 36.3. The summed E-state index contributed by atoms with van der Waals surface area (Å²) in [4.78, 5) is 0. The van der Waals surface area contributed by atoms with Gasteiger partial charge in [0.05, 0.1) is 19.0 Å². The van der Waals surface area contributed by atoms with Crippen LogP contribution in [0.2, 0.25) is 0 Å². The number of ether oxygens (including phenoxy) is 2. The molecule has 124 valence electrons. The molecule has 0 aliphatic heterocycles. The first-order chi connectivity index (χ1) is 10.4. The van der Waals surface area contributed by atoms with Gasteiger partial charge in [0.2, 0.25) is 0 Å². The number of benzene rings is 1. The Balaban J connectivity index is 3.15. The predicted molar refractivity (Wildman–Crippen MR) is 77.6 cm³/mol. The van der Waals surface area contributed by atoms with Crippen LogP contribution >= 0.6 is 0 Å². The van der Waals surface area contributed by atoms with Crippen molar-refractivity contribution in [3.8, 4) is 11.5 Å². The monoisotopic (exact) mass is 332 g/mol. The van der Waals surface area contributed by atoms with Crippen molar-refractivity contribution in [3.63, 3.8) is 0 Å². The van der Waals surface area contributed by atoms with Crippen LogP contribution in [0.5, 0.6) is 11.5 Å². The van der Waals surface area contributed by atoms with Gasteiger partial charge in [-0.3, -0.25) is 0 Å². The van der Waals surface area contributed by atoms with Crippen LogP contribution in [0.3, 0.4) is 0 Å². The molecule has 0 unspecified atom stereocenters. The minimum Gasteiger partial charge on any atom is -0.858 e. The lowest BCUT2D eigenvalue weighted by atomic mass is 10.2. The van der Waals surface area contributed by atoms with E-state index in [9.17, 15) is 13.5 Å². The number of hydrogen-bond acceptors (Lipinski definition) is 7. The van der Waals surface area contributed by atoms with Gasteiger partial charge in [0.25, 0.3) is 10.0 Å². The molecular weight excluding hydrogens is 314 g/mol. The molecule has 0 atom stereocenters. The van der Waals surface area contributed by atoms with Gasteiger partial charge in [-0.2, -0.15) is 4.40 Å². The SMILES string of the molecule is CCS(=O)(=O)/N=C(\[O-])c1cc(OCCO)cc(OCCO)c1. The standard InChI is InChI=1S/C13H19NO7S/c1-2-22(18,19)14-13(17)10-7-11(20-5-3-15)9-12(8-10)21-6-4-16/h7-9,15-16H,2-6H2,1H3,(H,14,17)/p-1. The van der Waals surface area contributed by atoms with Crippen molar-refractivity contribution in [2.75, 3.05) is 32.2 Å². The van der Waals surface area contributed by atoms with Crippen LogP contribution in [0, 0.1) is 0 Å². The predicted octanol–water partition coefficient (Wildman–Crippen LogP) is -1.11. The zero-order valence-electron chi connectivity index (χ0n) is 12.1. The van der Waals surface area contributed by atoms with E-state index in [0.29, 0.717) is 0 Å². The zero-order valence-corrected chi connectivity index (χ0v) is 12.9. The fourth-order valence-electron chi connectivity index (χ4n) is 1.43. The van der Waals surface area contributed by atoms with Crippen molar-refractivity contribution >= 4 is 15.9 Å². The summed E-state index contributed by atoms with van der Waals surface area (Å²) >= 11 is 0. The van der Waals surface area contributed by atoms with Crippen LogP contribution in [-0.4, -0.2) is 56.7 Å². The van der Waals surface area contributed by atoms with Gasteiger partial charge in [-0.05, 0) is 24.6 Å². The molecule has 9 heteroatoms. The molecule has 8 nitrogen and oxygen atoms in total. The maximum atomic E-state index is 11.9. The summed E-state index contributed by atoms with van der Waals surface area (Å²) in [5.74, 6) is -0.785. The molecule has 0 amide bonds. The number of aliphatic hydroxyl groups is 2. The molecule has 0 aliphatic rings. The summed E-state index contributed by atoms with van der Waals surface area (Å²) in [6, 6.07) is 4.06. The van der Waals surface area contributed by atoms with E-state index in [1.54, 1.807) is 0 Å². The Labute approximate surface area is 128 Å². The van der Waals surface area contributed by atoms with E-state index < -0.39 is 15.9 Å².